The summed E-state index contributed by atoms with van der Waals surface area (Å²) in [6.45, 7) is 12.1. The van der Waals surface area contributed by atoms with Crippen LogP contribution >= 0.6 is 0 Å². The predicted molar refractivity (Wildman–Crippen MR) is 114 cm³/mol. The van der Waals surface area contributed by atoms with Gasteiger partial charge in [-0.2, -0.15) is 0 Å². The Labute approximate surface area is 166 Å². The average Bonchev–Trinajstić information content (AvgIpc) is 3.51. The third-order valence-corrected chi connectivity index (χ3v) is 6.66. The first-order valence-electron chi connectivity index (χ1n) is 9.74. The third-order valence-electron chi connectivity index (χ3n) is 5.17. The lowest BCUT2D eigenvalue weighted by Crippen LogP contribution is -2.50. The minimum atomic E-state index is -0.877. The molecule has 2 fully saturated rings. The van der Waals surface area contributed by atoms with Gasteiger partial charge in [-0.05, 0) is 55.5 Å². The molecule has 0 spiro atoms. The highest BCUT2D eigenvalue weighted by molar-refractivity contribution is 7.89. The van der Waals surface area contributed by atoms with E-state index in [9.17, 15) is 4.55 Å². The van der Waals surface area contributed by atoms with Crippen LogP contribution in [0, 0.1) is 6.92 Å². The molecule has 0 radical (unpaired) electrons. The number of nitrogens with zero attached hydrogens (tertiary/aromatic N) is 2. The number of hydrogen-bond acceptors (Lipinski definition) is 5. The van der Waals surface area contributed by atoms with Crippen molar-refractivity contribution in [1.29, 1.82) is 0 Å². The number of anilines is 1. The standard InChI is InChI=1S/C21H31N3O2S/c1-4-26-16-18(3)21-15-20(8-5-17(21)2)23-10-12-24(13-11-23)27(25)14-9-22-19-6-7-19/h4-5,8,15-16,19,22H,1,6-7,9-14H2,2-3H3/b18-16+. The highest BCUT2D eigenvalue weighted by Crippen LogP contribution is 2.26. The molecule has 2 aliphatic rings. The minimum absolute atomic E-state index is 0.684. The third kappa shape index (κ3) is 5.75. The van der Waals surface area contributed by atoms with Crippen LogP contribution in [0.3, 0.4) is 0 Å². The molecule has 3 rings (SSSR count). The molecule has 6 heteroatoms. The molecule has 1 saturated carbocycles. The normalized spacial score (nSPS) is 19.8. The molecule has 0 aromatic heterocycles. The van der Waals surface area contributed by atoms with Gasteiger partial charge in [-0.3, -0.25) is 0 Å². The van der Waals surface area contributed by atoms with Crippen LogP contribution in [0.1, 0.15) is 30.9 Å². The molecule has 1 aromatic carbocycles. The largest absolute Gasteiger partial charge is 0.598 e. The summed E-state index contributed by atoms with van der Waals surface area (Å²) in [5.41, 5.74) is 4.70. The van der Waals surface area contributed by atoms with Crippen LogP contribution in [-0.4, -0.2) is 53.4 Å². The number of rotatable bonds is 9. The van der Waals surface area contributed by atoms with Crippen LogP contribution in [0.4, 0.5) is 5.69 Å². The Hall–Kier alpha value is -1.47. The van der Waals surface area contributed by atoms with Crippen molar-refractivity contribution in [1.82, 2.24) is 9.62 Å². The topological polar surface area (TPSA) is 50.8 Å². The molecule has 0 bridgehead atoms. The zero-order chi connectivity index (χ0) is 19.2. The molecule has 1 aliphatic heterocycles. The Kier molecular flexibility index (Phi) is 7.24. The van der Waals surface area contributed by atoms with Gasteiger partial charge in [-0.15, -0.1) is 4.31 Å². The lowest BCUT2D eigenvalue weighted by atomic mass is 10.0. The van der Waals surface area contributed by atoms with E-state index in [1.165, 1.54) is 35.9 Å². The highest BCUT2D eigenvalue weighted by Gasteiger charge is 2.27. The average molecular weight is 390 g/mol. The van der Waals surface area contributed by atoms with Crippen LogP contribution in [0.15, 0.2) is 37.3 Å². The van der Waals surface area contributed by atoms with E-state index in [0.717, 1.165) is 44.0 Å². The number of piperazine rings is 1. The van der Waals surface area contributed by atoms with Gasteiger partial charge in [-0.25, -0.2) is 0 Å². The van der Waals surface area contributed by atoms with Crippen LogP contribution in [0.2, 0.25) is 0 Å². The van der Waals surface area contributed by atoms with E-state index < -0.39 is 11.4 Å². The number of nitrogens with one attached hydrogen (secondary N) is 1. The van der Waals surface area contributed by atoms with Crippen LogP contribution in [-0.2, 0) is 16.1 Å². The summed E-state index contributed by atoms with van der Waals surface area (Å²) >= 11 is -0.877. The van der Waals surface area contributed by atoms with Crippen molar-refractivity contribution in [3.63, 3.8) is 0 Å². The fraction of sp³-hybridized carbons (Fsp3) is 0.524. The Morgan fingerprint density at radius 1 is 1.33 bits per heavy atom. The molecule has 148 valence electrons. The van der Waals surface area contributed by atoms with E-state index in [0.29, 0.717) is 6.04 Å². The first-order valence-corrected chi connectivity index (χ1v) is 11.0. The van der Waals surface area contributed by atoms with Gasteiger partial charge < -0.3 is 19.5 Å². The van der Waals surface area contributed by atoms with E-state index >= 15 is 0 Å². The van der Waals surface area contributed by atoms with E-state index in [4.69, 9.17) is 4.74 Å². The SMILES string of the molecule is C=CO/C=C(\C)c1cc(N2CCN([S+]([O-])CCNC3CC3)CC2)ccc1C. The fourth-order valence-electron chi connectivity index (χ4n) is 3.36. The van der Waals surface area contributed by atoms with Gasteiger partial charge in [0.2, 0.25) is 0 Å². The molecule has 0 amide bonds. The second-order valence-corrected chi connectivity index (χ2v) is 8.84. The summed E-state index contributed by atoms with van der Waals surface area (Å²) in [7, 11) is 0. The van der Waals surface area contributed by atoms with Gasteiger partial charge in [0.25, 0.3) is 0 Å². The number of hydrogen-bond donors (Lipinski definition) is 1. The van der Waals surface area contributed by atoms with Crippen molar-refractivity contribution >= 4 is 22.6 Å². The summed E-state index contributed by atoms with van der Waals surface area (Å²) in [5.74, 6) is 0.721. The minimum Gasteiger partial charge on any atom is -0.598 e. The van der Waals surface area contributed by atoms with Crippen LogP contribution in [0.25, 0.3) is 5.57 Å². The van der Waals surface area contributed by atoms with E-state index in [1.54, 1.807) is 6.26 Å². The Balaban J connectivity index is 1.54. The highest BCUT2D eigenvalue weighted by atomic mass is 32.2. The summed E-state index contributed by atoms with van der Waals surface area (Å²) in [5, 5.41) is 3.45. The van der Waals surface area contributed by atoms with Gasteiger partial charge in [0.1, 0.15) is 5.75 Å². The predicted octanol–water partition coefficient (Wildman–Crippen LogP) is 3.05. The molecule has 1 aromatic rings. The van der Waals surface area contributed by atoms with E-state index in [-0.39, 0.29) is 0 Å². The summed E-state index contributed by atoms with van der Waals surface area (Å²) in [4.78, 5) is 2.38. The van der Waals surface area contributed by atoms with Gasteiger partial charge in [0.05, 0.1) is 25.6 Å². The van der Waals surface area contributed by atoms with Gasteiger partial charge in [-0.1, -0.05) is 12.6 Å². The molecule has 1 heterocycles. The van der Waals surface area contributed by atoms with Crippen molar-refractivity contribution in [3.8, 4) is 0 Å². The van der Waals surface area contributed by atoms with Gasteiger partial charge in [0.15, 0.2) is 0 Å². The van der Waals surface area contributed by atoms with Gasteiger partial charge >= 0.3 is 0 Å². The number of ether oxygens (including phenoxy) is 1. The van der Waals surface area contributed by atoms with Crippen molar-refractivity contribution in [2.45, 2.75) is 32.7 Å². The summed E-state index contributed by atoms with van der Waals surface area (Å²) < 4.78 is 19.8. The Morgan fingerprint density at radius 3 is 2.74 bits per heavy atom. The molecule has 1 atom stereocenters. The molecular formula is C21H31N3O2S. The van der Waals surface area contributed by atoms with E-state index in [2.05, 4.69) is 46.2 Å². The zero-order valence-corrected chi connectivity index (χ0v) is 17.3. The Morgan fingerprint density at radius 2 is 2.07 bits per heavy atom. The molecule has 1 saturated heterocycles. The smallest absolute Gasteiger partial charge is 0.138 e. The molecule has 1 N–H and O–H groups in total. The van der Waals surface area contributed by atoms with Crippen molar-refractivity contribution in [2.75, 3.05) is 43.4 Å². The lowest BCUT2D eigenvalue weighted by Gasteiger charge is -2.36. The Bertz CT molecular complexity index is 667. The second-order valence-electron chi connectivity index (χ2n) is 7.27. The summed E-state index contributed by atoms with van der Waals surface area (Å²) in [6.07, 6.45) is 5.72. The maximum absolute atomic E-state index is 12.5. The maximum atomic E-state index is 12.5. The zero-order valence-electron chi connectivity index (χ0n) is 16.4. The second kappa shape index (κ2) is 9.64. The van der Waals surface area contributed by atoms with Crippen molar-refractivity contribution in [3.05, 3.63) is 48.4 Å². The first-order chi connectivity index (χ1) is 13.1. The fourth-order valence-corrected chi connectivity index (χ4v) is 4.48. The molecule has 1 aliphatic carbocycles. The van der Waals surface area contributed by atoms with Crippen LogP contribution in [0.5, 0.6) is 0 Å². The number of aryl methyl sites for hydroxylation is 1. The molecular weight excluding hydrogens is 358 g/mol. The van der Waals surface area contributed by atoms with Crippen LogP contribution < -0.4 is 10.2 Å². The van der Waals surface area contributed by atoms with Crippen molar-refractivity contribution in [2.24, 2.45) is 0 Å². The first kappa shape index (κ1) is 20.3. The quantitative estimate of drug-likeness (QED) is 0.520. The summed E-state index contributed by atoms with van der Waals surface area (Å²) in [6, 6.07) is 7.24. The van der Waals surface area contributed by atoms with Gasteiger partial charge in [0, 0.05) is 42.7 Å². The van der Waals surface area contributed by atoms with Crippen molar-refractivity contribution < 1.29 is 9.29 Å². The molecule has 27 heavy (non-hydrogen) atoms. The monoisotopic (exact) mass is 389 g/mol. The van der Waals surface area contributed by atoms with E-state index in [1.807, 2.05) is 6.92 Å². The molecule has 1 unspecified atom stereocenters. The maximum Gasteiger partial charge on any atom is 0.138 e. The number of benzene rings is 1. The number of allylic oxidation sites excluding steroid dienone is 1. The lowest BCUT2D eigenvalue weighted by molar-refractivity contribution is 0.384. The molecule has 5 nitrogen and oxygen atoms in total.